The molecule has 0 aliphatic rings. The third-order valence-electron chi connectivity index (χ3n) is 3.15. The smallest absolute Gasteiger partial charge is 0.270 e. The third-order valence-corrected chi connectivity index (χ3v) is 3.15. The van der Waals surface area contributed by atoms with Crippen molar-refractivity contribution in [3.63, 3.8) is 0 Å². The number of nitro benzene ring substituents is 1. The lowest BCUT2D eigenvalue weighted by atomic mass is 10.2. The van der Waals surface area contributed by atoms with Gasteiger partial charge in [-0.05, 0) is 32.0 Å². The highest BCUT2D eigenvalue weighted by Gasteiger charge is 2.13. The lowest BCUT2D eigenvalue weighted by Crippen LogP contribution is -2.24. The lowest BCUT2D eigenvalue weighted by molar-refractivity contribution is -0.384. The fourth-order valence-electron chi connectivity index (χ4n) is 1.98. The summed E-state index contributed by atoms with van der Waals surface area (Å²) >= 11 is 0. The van der Waals surface area contributed by atoms with Crippen LogP contribution < -0.4 is 5.43 Å². The maximum absolute atomic E-state index is 12.1. The SMILES string of the molecule is Cc1cc(C=O)c(C)n1NC(=O)c1ccc([N+](=O)[O-])cc1. The van der Waals surface area contributed by atoms with Crippen molar-refractivity contribution in [2.24, 2.45) is 0 Å². The van der Waals surface area contributed by atoms with Gasteiger partial charge in [-0.25, -0.2) is 0 Å². The first-order valence-corrected chi connectivity index (χ1v) is 6.14. The molecule has 7 nitrogen and oxygen atoms in total. The number of nitrogens with one attached hydrogen (secondary N) is 1. The molecule has 7 heteroatoms. The molecule has 0 atom stereocenters. The first kappa shape index (κ1) is 14.4. The van der Waals surface area contributed by atoms with E-state index in [1.165, 1.54) is 28.9 Å². The molecule has 0 fully saturated rings. The van der Waals surface area contributed by atoms with E-state index in [0.29, 0.717) is 22.5 Å². The second-order valence-electron chi connectivity index (χ2n) is 4.52. The standard InChI is InChI=1S/C14H13N3O4/c1-9-7-12(8-18)10(2)16(9)15-14(19)11-3-5-13(6-4-11)17(20)21/h3-8H,1-2H3,(H,15,19). The van der Waals surface area contributed by atoms with Crippen LogP contribution in [0.4, 0.5) is 5.69 Å². The van der Waals surface area contributed by atoms with Gasteiger partial charge in [0.25, 0.3) is 11.6 Å². The molecule has 0 saturated carbocycles. The Morgan fingerprint density at radius 3 is 2.38 bits per heavy atom. The summed E-state index contributed by atoms with van der Waals surface area (Å²) in [5.74, 6) is -0.413. The Labute approximate surface area is 120 Å². The van der Waals surface area contributed by atoms with E-state index in [9.17, 15) is 19.7 Å². The van der Waals surface area contributed by atoms with Crippen LogP contribution in [0, 0.1) is 24.0 Å². The predicted molar refractivity (Wildman–Crippen MR) is 76.1 cm³/mol. The minimum atomic E-state index is -0.529. The number of aryl methyl sites for hydroxylation is 1. The van der Waals surface area contributed by atoms with E-state index >= 15 is 0 Å². The van der Waals surface area contributed by atoms with Crippen LogP contribution in [0.15, 0.2) is 30.3 Å². The highest BCUT2D eigenvalue weighted by Crippen LogP contribution is 2.14. The van der Waals surface area contributed by atoms with Gasteiger partial charge >= 0.3 is 0 Å². The Morgan fingerprint density at radius 1 is 1.29 bits per heavy atom. The number of rotatable bonds is 4. The number of hydrogen-bond donors (Lipinski definition) is 1. The predicted octanol–water partition coefficient (Wildman–Crippen LogP) is 2.21. The summed E-state index contributed by atoms with van der Waals surface area (Å²) in [6.07, 6.45) is 0.719. The maximum atomic E-state index is 12.1. The van der Waals surface area contributed by atoms with E-state index in [0.717, 1.165) is 6.29 Å². The fourth-order valence-corrected chi connectivity index (χ4v) is 1.98. The summed E-state index contributed by atoms with van der Waals surface area (Å²) in [4.78, 5) is 33.0. The molecule has 0 saturated heterocycles. The molecule has 1 aromatic carbocycles. The van der Waals surface area contributed by atoms with Crippen molar-refractivity contribution in [1.82, 2.24) is 4.68 Å². The third kappa shape index (κ3) is 2.81. The minimum absolute atomic E-state index is 0.0804. The number of carbonyl (C=O) groups is 2. The number of aromatic nitrogens is 1. The van der Waals surface area contributed by atoms with Crippen LogP contribution in [0.1, 0.15) is 32.1 Å². The summed E-state index contributed by atoms with van der Waals surface area (Å²) in [6.45, 7) is 3.48. The number of nitro groups is 1. The van der Waals surface area contributed by atoms with Gasteiger partial charge < -0.3 is 0 Å². The lowest BCUT2D eigenvalue weighted by Gasteiger charge is -2.11. The molecule has 0 bridgehead atoms. The molecule has 1 aromatic heterocycles. The van der Waals surface area contributed by atoms with Crippen LogP contribution in [-0.4, -0.2) is 21.8 Å². The number of nitrogens with zero attached hydrogens (tertiary/aromatic N) is 2. The van der Waals surface area contributed by atoms with Gasteiger partial charge in [-0.2, -0.15) is 0 Å². The highest BCUT2D eigenvalue weighted by atomic mass is 16.6. The van der Waals surface area contributed by atoms with Crippen molar-refractivity contribution in [3.05, 3.63) is 63.0 Å². The largest absolute Gasteiger partial charge is 0.298 e. The van der Waals surface area contributed by atoms with Gasteiger partial charge in [-0.15, -0.1) is 0 Å². The van der Waals surface area contributed by atoms with Crippen LogP contribution in [0.25, 0.3) is 0 Å². The molecule has 2 aromatic rings. The van der Waals surface area contributed by atoms with Crippen molar-refractivity contribution in [3.8, 4) is 0 Å². The molecule has 0 spiro atoms. The number of non-ortho nitro benzene ring substituents is 1. The second-order valence-corrected chi connectivity index (χ2v) is 4.52. The Bertz CT molecular complexity index is 717. The molecule has 1 heterocycles. The molecular weight excluding hydrogens is 274 g/mol. The van der Waals surface area contributed by atoms with E-state index in [1.807, 2.05) is 0 Å². The summed E-state index contributed by atoms with van der Waals surface area (Å²) in [6, 6.07) is 6.95. The average molecular weight is 287 g/mol. The van der Waals surface area contributed by atoms with Crippen molar-refractivity contribution in [2.45, 2.75) is 13.8 Å². The van der Waals surface area contributed by atoms with Gasteiger partial charge in [0, 0.05) is 34.6 Å². The van der Waals surface area contributed by atoms with Crippen LogP contribution in [0.5, 0.6) is 0 Å². The van der Waals surface area contributed by atoms with Crippen LogP contribution >= 0.6 is 0 Å². The number of aldehydes is 1. The molecule has 0 aliphatic carbocycles. The Balaban J connectivity index is 2.24. The second kappa shape index (κ2) is 5.58. The topological polar surface area (TPSA) is 94.2 Å². The zero-order valence-corrected chi connectivity index (χ0v) is 11.5. The molecule has 0 unspecified atom stereocenters. The molecule has 0 radical (unpaired) electrons. The molecule has 21 heavy (non-hydrogen) atoms. The van der Waals surface area contributed by atoms with Crippen molar-refractivity contribution >= 4 is 17.9 Å². The summed E-state index contributed by atoms with van der Waals surface area (Å²) in [7, 11) is 0. The monoisotopic (exact) mass is 287 g/mol. The average Bonchev–Trinajstić information content (AvgIpc) is 2.74. The molecule has 2 rings (SSSR count). The van der Waals surface area contributed by atoms with Gasteiger partial charge in [-0.1, -0.05) is 0 Å². The van der Waals surface area contributed by atoms with Crippen molar-refractivity contribution < 1.29 is 14.5 Å². The van der Waals surface area contributed by atoms with Gasteiger partial charge in [0.1, 0.15) is 0 Å². The molecule has 0 aliphatic heterocycles. The molecular formula is C14H13N3O4. The zero-order chi connectivity index (χ0) is 15.6. The number of amides is 1. The summed E-state index contributed by atoms with van der Waals surface area (Å²) < 4.78 is 1.51. The van der Waals surface area contributed by atoms with Crippen molar-refractivity contribution in [1.29, 1.82) is 0 Å². The van der Waals surface area contributed by atoms with E-state index in [2.05, 4.69) is 5.43 Å². The van der Waals surface area contributed by atoms with Crippen LogP contribution in [0.2, 0.25) is 0 Å². The molecule has 1 N–H and O–H groups in total. The normalized spacial score (nSPS) is 10.2. The highest BCUT2D eigenvalue weighted by molar-refractivity contribution is 6.00. The Hall–Kier alpha value is -2.96. The van der Waals surface area contributed by atoms with Crippen molar-refractivity contribution in [2.75, 3.05) is 5.43 Å². The first-order chi connectivity index (χ1) is 9.93. The Kier molecular flexibility index (Phi) is 3.84. The number of benzene rings is 1. The van der Waals surface area contributed by atoms with Gasteiger partial charge in [0.2, 0.25) is 0 Å². The van der Waals surface area contributed by atoms with E-state index in [-0.39, 0.29) is 5.69 Å². The minimum Gasteiger partial charge on any atom is -0.298 e. The Morgan fingerprint density at radius 2 is 1.90 bits per heavy atom. The van der Waals surface area contributed by atoms with Crippen LogP contribution in [0.3, 0.4) is 0 Å². The van der Waals surface area contributed by atoms with E-state index in [1.54, 1.807) is 19.9 Å². The number of hydrogen-bond acceptors (Lipinski definition) is 4. The van der Waals surface area contributed by atoms with Gasteiger partial charge in [-0.3, -0.25) is 29.8 Å². The summed E-state index contributed by atoms with van der Waals surface area (Å²) in [5.41, 5.74) is 4.69. The van der Waals surface area contributed by atoms with Crippen LogP contribution in [-0.2, 0) is 0 Å². The first-order valence-electron chi connectivity index (χ1n) is 6.14. The fraction of sp³-hybridized carbons (Fsp3) is 0.143. The molecule has 108 valence electrons. The maximum Gasteiger partial charge on any atom is 0.270 e. The summed E-state index contributed by atoms with van der Waals surface area (Å²) in [5, 5.41) is 10.6. The van der Waals surface area contributed by atoms with E-state index < -0.39 is 10.8 Å². The zero-order valence-electron chi connectivity index (χ0n) is 11.5. The molecule has 1 amide bonds. The number of carbonyl (C=O) groups excluding carboxylic acids is 2. The van der Waals surface area contributed by atoms with E-state index in [4.69, 9.17) is 0 Å². The van der Waals surface area contributed by atoms with Gasteiger partial charge in [0.05, 0.1) is 4.92 Å². The van der Waals surface area contributed by atoms with Gasteiger partial charge in [0.15, 0.2) is 6.29 Å². The quantitative estimate of drug-likeness (QED) is 0.530.